The lowest BCUT2D eigenvalue weighted by Gasteiger charge is -2.32. The summed E-state index contributed by atoms with van der Waals surface area (Å²) in [5.41, 5.74) is 0.996. The van der Waals surface area contributed by atoms with E-state index in [-0.39, 0.29) is 11.2 Å². The van der Waals surface area contributed by atoms with Gasteiger partial charge in [-0.15, -0.1) is 5.10 Å². The predicted molar refractivity (Wildman–Crippen MR) is 96.8 cm³/mol. The Morgan fingerprint density at radius 1 is 1.25 bits per heavy atom. The fraction of sp³-hybridized carbons (Fsp3) is 0.500. The summed E-state index contributed by atoms with van der Waals surface area (Å²) in [6, 6.07) is 10.3. The topological polar surface area (TPSA) is 61.9 Å². The van der Waals surface area contributed by atoms with E-state index in [9.17, 15) is 4.79 Å². The van der Waals surface area contributed by atoms with Crippen LogP contribution in [0.15, 0.2) is 35.5 Å². The Balaban J connectivity index is 1.61. The smallest absolute Gasteiger partial charge is 0.235 e. The molecule has 5 nitrogen and oxygen atoms in total. The standard InChI is InChI=1S/C18H24N4OS/c1-13(17(23)22(2)15-11-7-4-8-12-15)24-18-19-16(20-21-18)14-9-5-3-6-10-14/h3,5-6,9-10,13,15H,4,7-8,11-12H2,1-2H3,(H,19,20,21)/t13-/m1/s1. The maximum Gasteiger partial charge on any atom is 0.235 e. The third-order valence-electron chi connectivity index (χ3n) is 4.61. The molecule has 1 atom stereocenters. The molecule has 128 valence electrons. The number of aromatic nitrogens is 3. The number of carbonyl (C=O) groups is 1. The molecular weight excluding hydrogens is 320 g/mol. The van der Waals surface area contributed by atoms with Gasteiger partial charge in [0.25, 0.3) is 0 Å². The van der Waals surface area contributed by atoms with Gasteiger partial charge in [-0.25, -0.2) is 4.98 Å². The first-order chi connectivity index (χ1) is 11.6. The van der Waals surface area contributed by atoms with E-state index in [1.807, 2.05) is 49.2 Å². The zero-order valence-electron chi connectivity index (χ0n) is 14.2. The molecule has 1 amide bonds. The lowest BCUT2D eigenvalue weighted by molar-refractivity contribution is -0.131. The molecule has 1 N–H and O–H groups in total. The van der Waals surface area contributed by atoms with Crippen LogP contribution < -0.4 is 0 Å². The molecule has 0 aliphatic heterocycles. The van der Waals surface area contributed by atoms with E-state index in [1.165, 1.54) is 31.0 Å². The molecule has 0 spiro atoms. The molecule has 3 rings (SSSR count). The first kappa shape index (κ1) is 17.0. The summed E-state index contributed by atoms with van der Waals surface area (Å²) >= 11 is 1.41. The molecular formula is C18H24N4OS. The first-order valence-electron chi connectivity index (χ1n) is 8.56. The van der Waals surface area contributed by atoms with Crippen molar-refractivity contribution in [1.29, 1.82) is 0 Å². The zero-order valence-corrected chi connectivity index (χ0v) is 15.1. The molecule has 1 aromatic heterocycles. The van der Waals surface area contributed by atoms with Gasteiger partial charge in [0.1, 0.15) is 0 Å². The van der Waals surface area contributed by atoms with E-state index in [0.717, 1.165) is 24.2 Å². The Morgan fingerprint density at radius 2 is 1.96 bits per heavy atom. The van der Waals surface area contributed by atoms with E-state index in [4.69, 9.17) is 0 Å². The van der Waals surface area contributed by atoms with Crippen molar-refractivity contribution in [3.05, 3.63) is 30.3 Å². The van der Waals surface area contributed by atoms with Gasteiger partial charge in [0.05, 0.1) is 5.25 Å². The Morgan fingerprint density at radius 3 is 2.67 bits per heavy atom. The lowest BCUT2D eigenvalue weighted by atomic mass is 9.94. The Labute approximate surface area is 147 Å². The van der Waals surface area contributed by atoms with Crippen LogP contribution >= 0.6 is 11.8 Å². The molecule has 2 aromatic rings. The fourth-order valence-corrected chi connectivity index (χ4v) is 3.99. The number of H-pyrrole nitrogens is 1. The summed E-state index contributed by atoms with van der Waals surface area (Å²) in [5.74, 6) is 0.899. The van der Waals surface area contributed by atoms with Gasteiger partial charge in [-0.1, -0.05) is 61.4 Å². The summed E-state index contributed by atoms with van der Waals surface area (Å²) in [4.78, 5) is 19.1. The summed E-state index contributed by atoms with van der Waals surface area (Å²) in [5, 5.41) is 7.63. The van der Waals surface area contributed by atoms with Crippen molar-refractivity contribution in [1.82, 2.24) is 20.1 Å². The van der Waals surface area contributed by atoms with Crippen LogP contribution in [0.2, 0.25) is 0 Å². The number of rotatable bonds is 5. The van der Waals surface area contributed by atoms with Gasteiger partial charge in [-0.05, 0) is 19.8 Å². The molecule has 1 aromatic carbocycles. The molecule has 0 bridgehead atoms. The Hall–Kier alpha value is -1.82. The second kappa shape index (κ2) is 7.83. The number of hydrogen-bond donors (Lipinski definition) is 1. The predicted octanol–water partition coefficient (Wildman–Crippen LogP) is 3.74. The van der Waals surface area contributed by atoms with Crippen molar-refractivity contribution in [2.75, 3.05) is 7.05 Å². The number of carbonyl (C=O) groups excluding carboxylic acids is 1. The molecule has 0 radical (unpaired) electrons. The minimum absolute atomic E-state index is 0.165. The number of amides is 1. The van der Waals surface area contributed by atoms with Gasteiger partial charge >= 0.3 is 0 Å². The zero-order chi connectivity index (χ0) is 16.9. The van der Waals surface area contributed by atoms with Crippen molar-refractivity contribution in [2.45, 2.75) is 55.5 Å². The number of thioether (sulfide) groups is 1. The Bertz CT molecular complexity index is 667. The van der Waals surface area contributed by atoms with Gasteiger partial charge in [0.2, 0.25) is 11.1 Å². The highest BCUT2D eigenvalue weighted by Gasteiger charge is 2.26. The summed E-state index contributed by atoms with van der Waals surface area (Å²) in [7, 11) is 1.93. The number of nitrogens with one attached hydrogen (secondary N) is 1. The molecule has 1 aliphatic rings. The number of hydrogen-bond acceptors (Lipinski definition) is 4. The van der Waals surface area contributed by atoms with Crippen molar-refractivity contribution in [2.24, 2.45) is 0 Å². The van der Waals surface area contributed by atoms with Gasteiger partial charge in [-0.2, -0.15) is 0 Å². The van der Waals surface area contributed by atoms with E-state index in [2.05, 4.69) is 15.2 Å². The largest absolute Gasteiger partial charge is 0.342 e. The van der Waals surface area contributed by atoms with Crippen LogP contribution in [0.3, 0.4) is 0 Å². The highest BCUT2D eigenvalue weighted by molar-refractivity contribution is 8.00. The number of benzene rings is 1. The van der Waals surface area contributed by atoms with Gasteiger partial charge in [0.15, 0.2) is 5.82 Å². The SMILES string of the molecule is C[C@@H](Sc1n[nH]c(-c2ccccc2)n1)C(=O)N(C)C1CCCCC1. The van der Waals surface area contributed by atoms with E-state index < -0.39 is 0 Å². The monoisotopic (exact) mass is 344 g/mol. The first-order valence-corrected chi connectivity index (χ1v) is 9.44. The number of nitrogens with zero attached hydrogens (tertiary/aromatic N) is 3. The van der Waals surface area contributed by atoms with Crippen LogP contribution in [-0.2, 0) is 4.79 Å². The molecule has 1 saturated carbocycles. The lowest BCUT2D eigenvalue weighted by Crippen LogP contribution is -2.42. The molecule has 6 heteroatoms. The van der Waals surface area contributed by atoms with Crippen molar-refractivity contribution < 1.29 is 4.79 Å². The average molecular weight is 344 g/mol. The normalized spacial score (nSPS) is 16.8. The van der Waals surface area contributed by atoms with Crippen molar-refractivity contribution >= 4 is 17.7 Å². The van der Waals surface area contributed by atoms with Crippen molar-refractivity contribution in [3.63, 3.8) is 0 Å². The summed E-state index contributed by atoms with van der Waals surface area (Å²) < 4.78 is 0. The maximum atomic E-state index is 12.7. The quantitative estimate of drug-likeness (QED) is 0.839. The highest BCUT2D eigenvalue weighted by Crippen LogP contribution is 2.26. The van der Waals surface area contributed by atoms with E-state index in [1.54, 1.807) is 0 Å². The van der Waals surface area contributed by atoms with Crippen LogP contribution in [-0.4, -0.2) is 44.3 Å². The highest BCUT2D eigenvalue weighted by atomic mass is 32.2. The number of aromatic amines is 1. The molecule has 0 saturated heterocycles. The minimum atomic E-state index is -0.184. The fourth-order valence-electron chi connectivity index (χ4n) is 3.17. The summed E-state index contributed by atoms with van der Waals surface area (Å²) in [6.45, 7) is 1.94. The van der Waals surface area contributed by atoms with Gasteiger partial charge in [0, 0.05) is 18.7 Å². The minimum Gasteiger partial charge on any atom is -0.342 e. The maximum absolute atomic E-state index is 12.7. The van der Waals surface area contributed by atoms with Crippen molar-refractivity contribution in [3.8, 4) is 11.4 Å². The Kier molecular flexibility index (Phi) is 5.56. The molecule has 0 unspecified atom stereocenters. The van der Waals surface area contributed by atoms with E-state index in [0.29, 0.717) is 11.2 Å². The third kappa shape index (κ3) is 3.98. The van der Waals surface area contributed by atoms with Crippen LogP contribution in [0.5, 0.6) is 0 Å². The van der Waals surface area contributed by atoms with Crippen LogP contribution in [0.1, 0.15) is 39.0 Å². The molecule has 1 fully saturated rings. The summed E-state index contributed by atoms with van der Waals surface area (Å²) in [6.07, 6.45) is 6.00. The second-order valence-electron chi connectivity index (χ2n) is 6.33. The van der Waals surface area contributed by atoms with Crippen LogP contribution in [0.25, 0.3) is 11.4 Å². The van der Waals surface area contributed by atoms with Crippen LogP contribution in [0.4, 0.5) is 0 Å². The molecule has 24 heavy (non-hydrogen) atoms. The second-order valence-corrected chi connectivity index (χ2v) is 7.64. The van der Waals surface area contributed by atoms with E-state index >= 15 is 0 Å². The van der Waals surface area contributed by atoms with Gasteiger partial charge in [-0.3, -0.25) is 9.89 Å². The van der Waals surface area contributed by atoms with Gasteiger partial charge < -0.3 is 4.90 Å². The average Bonchev–Trinajstić information content (AvgIpc) is 3.10. The van der Waals surface area contributed by atoms with Crippen LogP contribution in [0, 0.1) is 0 Å². The third-order valence-corrected chi connectivity index (χ3v) is 5.56. The molecule has 1 aliphatic carbocycles. The molecule has 1 heterocycles.